The molecule has 27 heavy (non-hydrogen) atoms. The van der Waals surface area contributed by atoms with E-state index in [0.717, 1.165) is 25.7 Å². The van der Waals surface area contributed by atoms with Crippen LogP contribution in [0.3, 0.4) is 0 Å². The quantitative estimate of drug-likeness (QED) is 0.530. The molecule has 1 amide bonds. The van der Waals surface area contributed by atoms with Gasteiger partial charge in [0.25, 0.3) is 5.69 Å². The molecule has 8 heteroatoms. The van der Waals surface area contributed by atoms with Crippen molar-refractivity contribution < 1.29 is 14.8 Å². The van der Waals surface area contributed by atoms with Gasteiger partial charge in [-0.2, -0.15) is 0 Å². The smallest absolute Gasteiger partial charge is 0.279 e. The molecule has 0 saturated heterocycles. The molecule has 0 spiro atoms. The number of carbonyl (C=O) groups is 1. The molecule has 1 fully saturated rings. The zero-order chi connectivity index (χ0) is 19.4. The minimum absolute atomic E-state index is 0.0248. The SMILES string of the molecule is CCNC(=O)[C@@H]1CCCC[C@@H]1NCc1cc([N+](=O)[O-])c2cccnc2c1O. The lowest BCUT2D eigenvalue weighted by Gasteiger charge is -2.31. The van der Waals surface area contributed by atoms with Gasteiger partial charge in [-0.1, -0.05) is 12.8 Å². The van der Waals surface area contributed by atoms with Crippen molar-refractivity contribution in [2.45, 2.75) is 45.2 Å². The number of nitro benzene ring substituents is 1. The third kappa shape index (κ3) is 4.00. The van der Waals surface area contributed by atoms with E-state index in [9.17, 15) is 20.0 Å². The minimum Gasteiger partial charge on any atom is -0.505 e. The summed E-state index contributed by atoms with van der Waals surface area (Å²) in [4.78, 5) is 27.4. The zero-order valence-corrected chi connectivity index (χ0v) is 15.3. The van der Waals surface area contributed by atoms with Crippen molar-refractivity contribution in [3.8, 4) is 5.75 Å². The molecule has 3 N–H and O–H groups in total. The maximum atomic E-state index is 12.3. The first-order valence-corrected chi connectivity index (χ1v) is 9.28. The highest BCUT2D eigenvalue weighted by Crippen LogP contribution is 2.34. The Hall–Kier alpha value is -2.74. The maximum Gasteiger partial charge on any atom is 0.279 e. The van der Waals surface area contributed by atoms with Crippen LogP contribution in [0.1, 0.15) is 38.2 Å². The normalized spacial score (nSPS) is 19.7. The first-order chi connectivity index (χ1) is 13.0. The molecule has 2 aromatic rings. The summed E-state index contributed by atoms with van der Waals surface area (Å²) in [7, 11) is 0. The highest BCUT2D eigenvalue weighted by atomic mass is 16.6. The summed E-state index contributed by atoms with van der Waals surface area (Å²) in [6, 6.07) is 4.54. The second kappa shape index (κ2) is 8.30. The number of phenolic OH excluding ortho intramolecular Hbond substituents is 1. The molecule has 0 unspecified atom stereocenters. The summed E-state index contributed by atoms with van der Waals surface area (Å²) in [5, 5.41) is 28.5. The lowest BCUT2D eigenvalue weighted by atomic mass is 9.83. The number of aromatic nitrogens is 1. The number of pyridine rings is 1. The molecule has 1 aromatic heterocycles. The number of hydrogen-bond acceptors (Lipinski definition) is 6. The second-order valence-corrected chi connectivity index (χ2v) is 6.83. The first-order valence-electron chi connectivity index (χ1n) is 9.28. The van der Waals surface area contributed by atoms with Gasteiger partial charge in [0.05, 0.1) is 16.2 Å². The third-order valence-corrected chi connectivity index (χ3v) is 5.13. The standard InChI is InChI=1S/C19H24N4O4/c1-2-20-19(25)13-6-3-4-8-15(13)22-11-12-10-16(23(26)27)14-7-5-9-21-17(14)18(12)24/h5,7,9-10,13,15,22,24H,2-4,6,8,11H2,1H3,(H,20,25)/t13-,15+/m1/s1. The molecule has 0 radical (unpaired) electrons. The summed E-state index contributed by atoms with van der Waals surface area (Å²) in [6.45, 7) is 2.72. The highest BCUT2D eigenvalue weighted by Gasteiger charge is 2.30. The van der Waals surface area contributed by atoms with Gasteiger partial charge in [-0.15, -0.1) is 0 Å². The van der Waals surface area contributed by atoms with Crippen LogP contribution < -0.4 is 10.6 Å². The number of aromatic hydroxyl groups is 1. The van der Waals surface area contributed by atoms with E-state index in [2.05, 4.69) is 15.6 Å². The van der Waals surface area contributed by atoms with Gasteiger partial charge in [-0.05, 0) is 31.9 Å². The number of fused-ring (bicyclic) bond motifs is 1. The molecule has 144 valence electrons. The number of nitro groups is 1. The number of carbonyl (C=O) groups excluding carboxylic acids is 1. The molecule has 3 rings (SSSR count). The van der Waals surface area contributed by atoms with Crippen LogP contribution in [0.25, 0.3) is 10.9 Å². The predicted molar refractivity (Wildman–Crippen MR) is 101 cm³/mol. The Morgan fingerprint density at radius 1 is 1.41 bits per heavy atom. The fourth-order valence-electron chi connectivity index (χ4n) is 3.79. The number of hydrogen-bond donors (Lipinski definition) is 3. The average molecular weight is 372 g/mol. The number of nitrogens with zero attached hydrogens (tertiary/aromatic N) is 2. The highest BCUT2D eigenvalue weighted by molar-refractivity contribution is 5.93. The molecule has 2 atom stereocenters. The Labute approximate surface area is 157 Å². The molecular weight excluding hydrogens is 348 g/mol. The number of rotatable bonds is 6. The van der Waals surface area contributed by atoms with E-state index in [1.165, 1.54) is 12.3 Å². The van der Waals surface area contributed by atoms with Crippen LogP contribution >= 0.6 is 0 Å². The Bertz CT molecular complexity index is 855. The largest absolute Gasteiger partial charge is 0.505 e. The molecule has 1 aliphatic carbocycles. The van der Waals surface area contributed by atoms with Crippen molar-refractivity contribution in [1.82, 2.24) is 15.6 Å². The monoisotopic (exact) mass is 372 g/mol. The van der Waals surface area contributed by atoms with E-state index in [-0.39, 0.29) is 41.4 Å². The van der Waals surface area contributed by atoms with Crippen molar-refractivity contribution in [2.75, 3.05) is 6.54 Å². The van der Waals surface area contributed by atoms with Gasteiger partial charge in [0, 0.05) is 37.0 Å². The number of benzene rings is 1. The maximum absolute atomic E-state index is 12.3. The van der Waals surface area contributed by atoms with Crippen LogP contribution in [0.4, 0.5) is 5.69 Å². The van der Waals surface area contributed by atoms with E-state index in [1.54, 1.807) is 12.1 Å². The van der Waals surface area contributed by atoms with Gasteiger partial charge in [0.2, 0.25) is 5.91 Å². The molecule has 8 nitrogen and oxygen atoms in total. The molecular formula is C19H24N4O4. The van der Waals surface area contributed by atoms with Crippen LogP contribution in [0.15, 0.2) is 24.4 Å². The minimum atomic E-state index is -0.467. The molecule has 1 saturated carbocycles. The van der Waals surface area contributed by atoms with E-state index in [1.807, 2.05) is 6.92 Å². The third-order valence-electron chi connectivity index (χ3n) is 5.13. The summed E-state index contributed by atoms with van der Waals surface area (Å²) in [5.74, 6) is -0.159. The van der Waals surface area contributed by atoms with Gasteiger partial charge in [-0.3, -0.25) is 19.9 Å². The van der Waals surface area contributed by atoms with Crippen LogP contribution in [0.5, 0.6) is 5.75 Å². The van der Waals surface area contributed by atoms with Crippen LogP contribution in [-0.4, -0.2) is 33.5 Å². The molecule has 0 bridgehead atoms. The Balaban J connectivity index is 1.84. The van der Waals surface area contributed by atoms with Crippen molar-refractivity contribution in [1.29, 1.82) is 0 Å². The summed E-state index contributed by atoms with van der Waals surface area (Å²) >= 11 is 0. The summed E-state index contributed by atoms with van der Waals surface area (Å²) in [6.07, 6.45) is 5.20. The lowest BCUT2D eigenvalue weighted by Crippen LogP contribution is -2.46. The zero-order valence-electron chi connectivity index (χ0n) is 15.3. The Morgan fingerprint density at radius 2 is 2.19 bits per heavy atom. The summed E-state index contributed by atoms with van der Waals surface area (Å²) in [5.41, 5.74) is 0.539. The van der Waals surface area contributed by atoms with Crippen LogP contribution in [0.2, 0.25) is 0 Å². The molecule has 1 heterocycles. The van der Waals surface area contributed by atoms with Crippen molar-refractivity contribution in [3.63, 3.8) is 0 Å². The van der Waals surface area contributed by atoms with E-state index < -0.39 is 4.92 Å². The first kappa shape index (κ1) is 19.0. The Kier molecular flexibility index (Phi) is 5.85. The van der Waals surface area contributed by atoms with Crippen molar-refractivity contribution in [2.24, 2.45) is 5.92 Å². The van der Waals surface area contributed by atoms with Gasteiger partial charge < -0.3 is 15.7 Å². The van der Waals surface area contributed by atoms with Gasteiger partial charge in [0.15, 0.2) is 0 Å². The molecule has 0 aliphatic heterocycles. The van der Waals surface area contributed by atoms with Crippen molar-refractivity contribution in [3.05, 3.63) is 40.1 Å². The topological polar surface area (TPSA) is 117 Å². The van der Waals surface area contributed by atoms with Gasteiger partial charge >= 0.3 is 0 Å². The fourth-order valence-corrected chi connectivity index (χ4v) is 3.79. The van der Waals surface area contributed by atoms with Crippen LogP contribution in [0, 0.1) is 16.0 Å². The van der Waals surface area contributed by atoms with Gasteiger partial charge in [-0.25, -0.2) is 0 Å². The lowest BCUT2D eigenvalue weighted by molar-refractivity contribution is -0.383. The molecule has 1 aliphatic rings. The second-order valence-electron chi connectivity index (χ2n) is 6.83. The van der Waals surface area contributed by atoms with Crippen molar-refractivity contribution >= 4 is 22.5 Å². The summed E-state index contributed by atoms with van der Waals surface area (Å²) < 4.78 is 0. The van der Waals surface area contributed by atoms with E-state index >= 15 is 0 Å². The fraction of sp³-hybridized carbons (Fsp3) is 0.474. The number of phenols is 1. The number of non-ortho nitro benzene ring substituents is 1. The number of amides is 1. The van der Waals surface area contributed by atoms with E-state index in [4.69, 9.17) is 0 Å². The van der Waals surface area contributed by atoms with Gasteiger partial charge in [0.1, 0.15) is 11.3 Å². The van der Waals surface area contributed by atoms with Crippen LogP contribution in [-0.2, 0) is 11.3 Å². The molecule has 1 aromatic carbocycles. The Morgan fingerprint density at radius 3 is 2.93 bits per heavy atom. The average Bonchev–Trinajstić information content (AvgIpc) is 2.68. The number of nitrogens with one attached hydrogen (secondary N) is 2. The van der Waals surface area contributed by atoms with E-state index in [0.29, 0.717) is 17.5 Å². The predicted octanol–water partition coefficient (Wildman–Crippen LogP) is 2.63.